The predicted molar refractivity (Wildman–Crippen MR) is 97.8 cm³/mol. The van der Waals surface area contributed by atoms with E-state index in [4.69, 9.17) is 4.74 Å². The quantitative estimate of drug-likeness (QED) is 0.584. The number of halogens is 3. The van der Waals surface area contributed by atoms with Gasteiger partial charge in [-0.05, 0) is 52.7 Å². The average molecular weight is 478 g/mol. The van der Waals surface area contributed by atoms with E-state index in [1.54, 1.807) is 7.11 Å². The first kappa shape index (κ1) is 17.0. The molecule has 0 spiro atoms. The van der Waals surface area contributed by atoms with Gasteiger partial charge in [0.05, 0.1) is 11.6 Å². The van der Waals surface area contributed by atoms with E-state index >= 15 is 0 Å². The van der Waals surface area contributed by atoms with Gasteiger partial charge in [-0.3, -0.25) is 0 Å². The van der Waals surface area contributed by atoms with Crippen molar-refractivity contribution in [2.45, 2.75) is 19.5 Å². The first-order valence-corrected chi connectivity index (χ1v) is 8.90. The molecule has 0 bridgehead atoms. The third kappa shape index (κ3) is 4.55. The zero-order chi connectivity index (χ0) is 15.4. The van der Waals surface area contributed by atoms with E-state index in [-0.39, 0.29) is 6.04 Å². The van der Waals surface area contributed by atoms with Crippen molar-refractivity contribution in [3.8, 4) is 5.75 Å². The molecule has 0 aromatic heterocycles. The summed E-state index contributed by atoms with van der Waals surface area (Å²) in [5, 5.41) is 3.53. The maximum Gasteiger partial charge on any atom is 0.137 e. The van der Waals surface area contributed by atoms with Gasteiger partial charge in [-0.25, -0.2) is 0 Å². The number of rotatable bonds is 5. The molecule has 0 aliphatic carbocycles. The summed E-state index contributed by atoms with van der Waals surface area (Å²) in [6, 6.07) is 12.6. The van der Waals surface area contributed by atoms with Gasteiger partial charge in [0, 0.05) is 27.1 Å². The van der Waals surface area contributed by atoms with E-state index in [2.05, 4.69) is 78.2 Å². The van der Waals surface area contributed by atoms with Gasteiger partial charge in [-0.2, -0.15) is 0 Å². The Bertz CT molecular complexity index is 631. The minimum Gasteiger partial charge on any atom is -0.495 e. The smallest absolute Gasteiger partial charge is 0.137 e. The Hall–Kier alpha value is -0.360. The lowest BCUT2D eigenvalue weighted by Crippen LogP contribution is -2.18. The lowest BCUT2D eigenvalue weighted by molar-refractivity contribution is 0.403. The highest BCUT2D eigenvalue weighted by atomic mass is 79.9. The minimum absolute atomic E-state index is 0.255. The fraction of sp³-hybridized carbons (Fsp3) is 0.250. The second-order valence-corrected chi connectivity index (χ2v) is 7.42. The molecular weight excluding hydrogens is 462 g/mol. The van der Waals surface area contributed by atoms with Crippen LogP contribution in [-0.4, -0.2) is 7.11 Å². The molecule has 0 unspecified atom stereocenters. The highest BCUT2D eigenvalue weighted by Gasteiger charge is 2.11. The summed E-state index contributed by atoms with van der Waals surface area (Å²) in [5.74, 6) is 0.868. The first-order chi connectivity index (χ1) is 10.0. The summed E-state index contributed by atoms with van der Waals surface area (Å²) >= 11 is 10.6. The molecule has 2 aromatic carbocycles. The highest BCUT2D eigenvalue weighted by molar-refractivity contribution is 9.11. The van der Waals surface area contributed by atoms with Crippen molar-refractivity contribution >= 4 is 47.8 Å². The molecule has 2 rings (SSSR count). The SMILES string of the molecule is COc1c(Br)cc(Br)cc1CN[C@H](C)c1cccc(Br)c1. The van der Waals surface area contributed by atoms with E-state index in [0.29, 0.717) is 0 Å². The van der Waals surface area contributed by atoms with Crippen LogP contribution in [-0.2, 0) is 6.54 Å². The Kier molecular flexibility index (Phi) is 6.29. The monoisotopic (exact) mass is 475 g/mol. The van der Waals surface area contributed by atoms with Crippen molar-refractivity contribution < 1.29 is 4.74 Å². The van der Waals surface area contributed by atoms with E-state index in [1.807, 2.05) is 18.2 Å². The van der Waals surface area contributed by atoms with Gasteiger partial charge in [-0.15, -0.1) is 0 Å². The summed E-state index contributed by atoms with van der Waals surface area (Å²) in [6.07, 6.45) is 0. The van der Waals surface area contributed by atoms with Gasteiger partial charge in [0.2, 0.25) is 0 Å². The molecule has 0 amide bonds. The maximum atomic E-state index is 5.47. The molecule has 0 aliphatic rings. The van der Waals surface area contributed by atoms with Crippen LogP contribution in [0.15, 0.2) is 49.8 Å². The summed E-state index contributed by atoms with van der Waals surface area (Å²) in [5.41, 5.74) is 2.36. The van der Waals surface area contributed by atoms with Gasteiger partial charge in [0.25, 0.3) is 0 Å². The standard InChI is InChI=1S/C16H16Br3NO/c1-10(11-4-3-5-13(17)6-11)20-9-12-7-14(18)8-15(19)16(12)21-2/h3-8,10,20H,9H2,1-2H3/t10-/m1/s1. The van der Waals surface area contributed by atoms with Crippen molar-refractivity contribution in [2.24, 2.45) is 0 Å². The number of nitrogens with one attached hydrogen (secondary N) is 1. The van der Waals surface area contributed by atoms with Crippen LogP contribution in [0.2, 0.25) is 0 Å². The van der Waals surface area contributed by atoms with Crippen LogP contribution < -0.4 is 10.1 Å². The molecule has 0 saturated heterocycles. The van der Waals surface area contributed by atoms with Gasteiger partial charge >= 0.3 is 0 Å². The van der Waals surface area contributed by atoms with Gasteiger partial charge < -0.3 is 10.1 Å². The van der Waals surface area contributed by atoms with Gasteiger partial charge in [0.15, 0.2) is 0 Å². The average Bonchev–Trinajstić information content (AvgIpc) is 2.44. The van der Waals surface area contributed by atoms with Crippen molar-refractivity contribution in [2.75, 3.05) is 7.11 Å². The lowest BCUT2D eigenvalue weighted by atomic mass is 10.1. The van der Waals surface area contributed by atoms with Crippen LogP contribution >= 0.6 is 47.8 Å². The van der Waals surface area contributed by atoms with Gasteiger partial charge in [0.1, 0.15) is 5.75 Å². The summed E-state index contributed by atoms with van der Waals surface area (Å²) in [6.45, 7) is 2.89. The van der Waals surface area contributed by atoms with E-state index in [1.165, 1.54) is 5.56 Å². The summed E-state index contributed by atoms with van der Waals surface area (Å²) < 4.78 is 8.55. The molecule has 2 aromatic rings. The van der Waals surface area contributed by atoms with E-state index in [9.17, 15) is 0 Å². The van der Waals surface area contributed by atoms with Crippen LogP contribution in [0.3, 0.4) is 0 Å². The molecule has 1 N–H and O–H groups in total. The number of benzene rings is 2. The Morgan fingerprint density at radius 1 is 1.10 bits per heavy atom. The Balaban J connectivity index is 2.13. The zero-order valence-electron chi connectivity index (χ0n) is 11.8. The molecule has 0 radical (unpaired) electrons. The fourth-order valence-electron chi connectivity index (χ4n) is 2.13. The van der Waals surface area contributed by atoms with Crippen LogP contribution in [0.25, 0.3) is 0 Å². The number of methoxy groups -OCH3 is 1. The van der Waals surface area contributed by atoms with E-state index in [0.717, 1.165) is 31.3 Å². The maximum absolute atomic E-state index is 5.47. The van der Waals surface area contributed by atoms with Gasteiger partial charge in [-0.1, -0.05) is 44.0 Å². The zero-order valence-corrected chi connectivity index (χ0v) is 16.5. The van der Waals surface area contributed by atoms with Crippen LogP contribution in [0.4, 0.5) is 0 Å². The van der Waals surface area contributed by atoms with Crippen LogP contribution in [0.5, 0.6) is 5.75 Å². The number of hydrogen-bond donors (Lipinski definition) is 1. The first-order valence-electron chi connectivity index (χ1n) is 6.52. The van der Waals surface area contributed by atoms with Crippen molar-refractivity contribution in [1.82, 2.24) is 5.32 Å². The Morgan fingerprint density at radius 2 is 1.86 bits per heavy atom. The van der Waals surface area contributed by atoms with Crippen molar-refractivity contribution in [3.05, 3.63) is 60.9 Å². The van der Waals surface area contributed by atoms with Crippen molar-refractivity contribution in [1.29, 1.82) is 0 Å². The topological polar surface area (TPSA) is 21.3 Å². The molecule has 1 atom stereocenters. The Morgan fingerprint density at radius 3 is 2.52 bits per heavy atom. The highest BCUT2D eigenvalue weighted by Crippen LogP contribution is 2.33. The number of hydrogen-bond acceptors (Lipinski definition) is 2. The van der Waals surface area contributed by atoms with Crippen molar-refractivity contribution in [3.63, 3.8) is 0 Å². The summed E-state index contributed by atoms with van der Waals surface area (Å²) in [4.78, 5) is 0. The predicted octanol–water partition coefficient (Wildman–Crippen LogP) is 5.83. The molecular formula is C16H16Br3NO. The molecule has 0 saturated carbocycles. The largest absolute Gasteiger partial charge is 0.495 e. The third-order valence-electron chi connectivity index (χ3n) is 3.24. The second kappa shape index (κ2) is 7.77. The molecule has 5 heteroatoms. The molecule has 112 valence electrons. The normalized spacial score (nSPS) is 12.2. The molecule has 0 aliphatic heterocycles. The molecule has 21 heavy (non-hydrogen) atoms. The molecule has 0 fully saturated rings. The van der Waals surface area contributed by atoms with Crippen LogP contribution in [0.1, 0.15) is 24.1 Å². The number of ether oxygens (including phenoxy) is 1. The van der Waals surface area contributed by atoms with E-state index < -0.39 is 0 Å². The molecule has 0 heterocycles. The lowest BCUT2D eigenvalue weighted by Gasteiger charge is -2.17. The van der Waals surface area contributed by atoms with Crippen LogP contribution in [0, 0.1) is 0 Å². The Labute approximate surface area is 150 Å². The second-order valence-electron chi connectivity index (χ2n) is 4.74. The third-order valence-corrected chi connectivity index (χ3v) is 4.78. The fourth-order valence-corrected chi connectivity index (χ4v) is 4.02. The summed E-state index contributed by atoms with van der Waals surface area (Å²) in [7, 11) is 1.69. The molecule has 2 nitrogen and oxygen atoms in total. The minimum atomic E-state index is 0.255.